The van der Waals surface area contributed by atoms with Crippen molar-refractivity contribution in [3.63, 3.8) is 0 Å². The highest BCUT2D eigenvalue weighted by Crippen LogP contribution is 2.08. The minimum atomic E-state index is -0.572. The zero-order valence-corrected chi connectivity index (χ0v) is 10.1. The van der Waals surface area contributed by atoms with E-state index in [-0.39, 0.29) is 5.17 Å². The Labute approximate surface area is 100 Å². The number of nitrogens with zero attached hydrogens (tertiary/aromatic N) is 1. The molecule has 3 nitrogen and oxygen atoms in total. The predicted molar refractivity (Wildman–Crippen MR) is 64.8 cm³/mol. The summed E-state index contributed by atoms with van der Waals surface area (Å²) >= 11 is 5.69. The largest absolute Gasteiger partial charge is 0.461 e. The molecule has 0 atom stereocenters. The Bertz CT molecular complexity index is 402. The van der Waals surface area contributed by atoms with Gasteiger partial charge in [-0.1, -0.05) is 35.9 Å². The van der Waals surface area contributed by atoms with E-state index >= 15 is 0 Å². The van der Waals surface area contributed by atoms with E-state index in [1.165, 1.54) is 0 Å². The summed E-state index contributed by atoms with van der Waals surface area (Å²) in [6.45, 7) is 4.41. The van der Waals surface area contributed by atoms with Gasteiger partial charge in [-0.3, -0.25) is 4.99 Å². The molecule has 0 N–H and O–H groups in total. The molecule has 0 amide bonds. The van der Waals surface area contributed by atoms with Gasteiger partial charge in [-0.25, -0.2) is 4.79 Å². The number of esters is 1. The van der Waals surface area contributed by atoms with Gasteiger partial charge in [0.15, 0.2) is 0 Å². The first-order valence-corrected chi connectivity index (χ1v) is 5.44. The number of hydrogen-bond acceptors (Lipinski definition) is 3. The molecule has 0 aromatic heterocycles. The van der Waals surface area contributed by atoms with Crippen LogP contribution in [0.15, 0.2) is 29.3 Å². The Morgan fingerprint density at radius 1 is 1.44 bits per heavy atom. The Balaban J connectivity index is 2.66. The number of benzene rings is 1. The summed E-state index contributed by atoms with van der Waals surface area (Å²) in [4.78, 5) is 15.1. The van der Waals surface area contributed by atoms with Gasteiger partial charge in [-0.15, -0.1) is 0 Å². The van der Waals surface area contributed by atoms with Crippen LogP contribution in [0.25, 0.3) is 0 Å². The van der Waals surface area contributed by atoms with E-state index < -0.39 is 5.97 Å². The summed E-state index contributed by atoms with van der Waals surface area (Å²) in [7, 11) is 0. The van der Waals surface area contributed by atoms with Crippen molar-refractivity contribution in [3.05, 3.63) is 35.4 Å². The average molecular weight is 240 g/mol. The lowest BCUT2D eigenvalue weighted by Crippen LogP contribution is -2.12. The third-order valence-electron chi connectivity index (χ3n) is 2.09. The highest BCUT2D eigenvalue weighted by molar-refractivity contribution is 6.82. The molecule has 0 saturated carbocycles. The Hall–Kier alpha value is -1.35. The fourth-order valence-electron chi connectivity index (χ4n) is 1.20. The molecule has 0 bridgehead atoms. The maximum atomic E-state index is 11.2. The first kappa shape index (κ1) is 12.7. The molecule has 0 unspecified atom stereocenters. The molecule has 4 heteroatoms. The second-order valence-electron chi connectivity index (χ2n) is 3.25. The van der Waals surface area contributed by atoms with Crippen LogP contribution in [-0.2, 0) is 16.1 Å². The molecular weight excluding hydrogens is 226 g/mol. The van der Waals surface area contributed by atoms with Gasteiger partial charge in [0.1, 0.15) is 0 Å². The molecule has 0 aliphatic carbocycles. The molecule has 0 aliphatic rings. The van der Waals surface area contributed by atoms with Crippen LogP contribution >= 0.6 is 11.6 Å². The van der Waals surface area contributed by atoms with Gasteiger partial charge in [0.2, 0.25) is 5.17 Å². The van der Waals surface area contributed by atoms with Crippen LogP contribution in [0.1, 0.15) is 18.1 Å². The van der Waals surface area contributed by atoms with Gasteiger partial charge in [0.05, 0.1) is 13.2 Å². The highest BCUT2D eigenvalue weighted by Gasteiger charge is 2.08. The molecule has 0 aliphatic heterocycles. The lowest BCUT2D eigenvalue weighted by atomic mass is 10.1. The number of carbonyl (C=O) groups is 1. The topological polar surface area (TPSA) is 38.7 Å². The van der Waals surface area contributed by atoms with Crippen LogP contribution in [0, 0.1) is 6.92 Å². The van der Waals surface area contributed by atoms with Crippen molar-refractivity contribution >= 4 is 22.7 Å². The van der Waals surface area contributed by atoms with Gasteiger partial charge in [0, 0.05) is 0 Å². The van der Waals surface area contributed by atoms with Crippen LogP contribution in [0.4, 0.5) is 0 Å². The summed E-state index contributed by atoms with van der Waals surface area (Å²) in [5, 5.41) is -0.106. The quantitative estimate of drug-likeness (QED) is 0.599. The Morgan fingerprint density at radius 3 is 2.75 bits per heavy atom. The summed E-state index contributed by atoms with van der Waals surface area (Å²) < 4.78 is 4.72. The monoisotopic (exact) mass is 239 g/mol. The summed E-state index contributed by atoms with van der Waals surface area (Å²) in [6, 6.07) is 7.82. The highest BCUT2D eigenvalue weighted by atomic mass is 35.5. The molecule has 0 radical (unpaired) electrons. The van der Waals surface area contributed by atoms with Crippen molar-refractivity contribution in [3.8, 4) is 0 Å². The van der Waals surface area contributed by atoms with Gasteiger partial charge in [-0.05, 0) is 25.0 Å². The van der Waals surface area contributed by atoms with E-state index in [0.29, 0.717) is 13.2 Å². The van der Waals surface area contributed by atoms with E-state index in [1.54, 1.807) is 6.92 Å². The molecule has 1 aromatic carbocycles. The Kier molecular flexibility index (Phi) is 4.99. The first-order valence-electron chi connectivity index (χ1n) is 5.06. The molecule has 0 saturated heterocycles. The number of ether oxygens (including phenoxy) is 1. The third-order valence-corrected chi connectivity index (χ3v) is 2.37. The summed E-state index contributed by atoms with van der Waals surface area (Å²) in [6.07, 6.45) is 0. The van der Waals surface area contributed by atoms with E-state index in [0.717, 1.165) is 11.1 Å². The molecule has 0 heterocycles. The lowest BCUT2D eigenvalue weighted by molar-refractivity contribution is -0.134. The fourth-order valence-corrected chi connectivity index (χ4v) is 1.31. The van der Waals surface area contributed by atoms with Crippen LogP contribution in [0.2, 0.25) is 0 Å². The maximum absolute atomic E-state index is 11.2. The SMILES string of the molecule is CCOC(=O)C(Cl)=NCc1ccccc1C. The zero-order valence-electron chi connectivity index (χ0n) is 9.37. The number of carbonyl (C=O) groups excluding carboxylic acids is 1. The molecule has 0 spiro atoms. The fraction of sp³-hybridized carbons (Fsp3) is 0.333. The van der Waals surface area contributed by atoms with Gasteiger partial charge < -0.3 is 4.74 Å². The molecule has 1 aromatic rings. The average Bonchev–Trinajstić information content (AvgIpc) is 2.28. The second kappa shape index (κ2) is 6.28. The van der Waals surface area contributed by atoms with E-state index in [1.807, 2.05) is 31.2 Å². The number of halogens is 1. The minimum Gasteiger partial charge on any atom is -0.461 e. The smallest absolute Gasteiger partial charge is 0.368 e. The Morgan fingerprint density at radius 2 is 2.12 bits per heavy atom. The predicted octanol–water partition coefficient (Wildman–Crippen LogP) is 2.70. The summed E-state index contributed by atoms with van der Waals surface area (Å²) in [5.41, 5.74) is 2.17. The zero-order chi connectivity index (χ0) is 12.0. The molecule has 1 rings (SSSR count). The number of aryl methyl sites for hydroxylation is 1. The number of aliphatic imine (C=N–C) groups is 1. The van der Waals surface area contributed by atoms with E-state index in [9.17, 15) is 4.79 Å². The van der Waals surface area contributed by atoms with Crippen molar-refractivity contribution in [2.24, 2.45) is 4.99 Å². The van der Waals surface area contributed by atoms with E-state index in [2.05, 4.69) is 4.99 Å². The van der Waals surface area contributed by atoms with Gasteiger partial charge in [0.25, 0.3) is 0 Å². The minimum absolute atomic E-state index is 0.106. The summed E-state index contributed by atoms with van der Waals surface area (Å²) in [5.74, 6) is -0.572. The van der Waals surface area contributed by atoms with Gasteiger partial charge in [-0.2, -0.15) is 0 Å². The molecule has 0 fully saturated rings. The van der Waals surface area contributed by atoms with Crippen LogP contribution in [0.5, 0.6) is 0 Å². The standard InChI is InChI=1S/C12H14ClNO2/c1-3-16-12(15)11(13)14-8-10-7-5-4-6-9(10)2/h4-7H,3,8H2,1-2H3. The van der Waals surface area contributed by atoms with E-state index in [4.69, 9.17) is 16.3 Å². The van der Waals surface area contributed by atoms with Crippen molar-refractivity contribution in [2.75, 3.05) is 6.61 Å². The van der Waals surface area contributed by atoms with Crippen molar-refractivity contribution < 1.29 is 9.53 Å². The van der Waals surface area contributed by atoms with Crippen molar-refractivity contribution in [1.29, 1.82) is 0 Å². The molecule has 16 heavy (non-hydrogen) atoms. The van der Waals surface area contributed by atoms with Crippen LogP contribution in [0.3, 0.4) is 0 Å². The number of hydrogen-bond donors (Lipinski definition) is 0. The maximum Gasteiger partial charge on any atom is 0.368 e. The van der Waals surface area contributed by atoms with Crippen molar-refractivity contribution in [1.82, 2.24) is 0 Å². The first-order chi connectivity index (χ1) is 7.65. The van der Waals surface area contributed by atoms with Gasteiger partial charge >= 0.3 is 5.97 Å². The third kappa shape index (κ3) is 3.66. The second-order valence-corrected chi connectivity index (χ2v) is 3.61. The van der Waals surface area contributed by atoms with Crippen LogP contribution in [-0.4, -0.2) is 17.7 Å². The number of rotatable bonds is 4. The van der Waals surface area contributed by atoms with Crippen molar-refractivity contribution in [2.45, 2.75) is 20.4 Å². The normalized spacial score (nSPS) is 11.3. The lowest BCUT2D eigenvalue weighted by Gasteiger charge is -2.02. The molecule has 86 valence electrons. The molecular formula is C12H14ClNO2. The van der Waals surface area contributed by atoms with Crippen LogP contribution < -0.4 is 0 Å².